The second-order valence-electron chi connectivity index (χ2n) is 5.62. The molecule has 1 rings (SSSR count). The second kappa shape index (κ2) is 6.77. The molecule has 4 unspecified atom stereocenters. The van der Waals surface area contributed by atoms with Crippen LogP contribution < -0.4 is 10.6 Å². The van der Waals surface area contributed by atoms with Gasteiger partial charge >= 0.3 is 0 Å². The van der Waals surface area contributed by atoms with E-state index in [1.165, 1.54) is 6.92 Å². The van der Waals surface area contributed by atoms with E-state index in [0.29, 0.717) is 6.42 Å². The van der Waals surface area contributed by atoms with Crippen LogP contribution >= 0.6 is 12.2 Å². The van der Waals surface area contributed by atoms with Gasteiger partial charge in [-0.2, -0.15) is 0 Å². The summed E-state index contributed by atoms with van der Waals surface area (Å²) in [6, 6.07) is 0. The summed E-state index contributed by atoms with van der Waals surface area (Å²) in [6.45, 7) is 4.73. The molecule has 1 aliphatic rings. The molecule has 20 heavy (non-hydrogen) atoms. The Labute approximate surface area is 123 Å². The van der Waals surface area contributed by atoms with Crippen LogP contribution in [0.2, 0.25) is 0 Å². The van der Waals surface area contributed by atoms with Crippen molar-refractivity contribution < 1.29 is 24.9 Å². The van der Waals surface area contributed by atoms with Gasteiger partial charge in [-0.15, -0.1) is 0 Å². The zero-order valence-electron chi connectivity index (χ0n) is 11.8. The summed E-state index contributed by atoms with van der Waals surface area (Å²) in [7, 11) is 0. The number of rotatable bonds is 5. The van der Waals surface area contributed by atoms with Gasteiger partial charge in [-0.05, 0) is 33.0 Å². The predicted octanol–water partition coefficient (Wildman–Crippen LogP) is -1.35. The number of carbonyl (C=O) groups is 1. The molecule has 1 aliphatic heterocycles. The van der Waals surface area contributed by atoms with Crippen molar-refractivity contribution >= 4 is 23.1 Å². The molecule has 5 N–H and O–H groups in total. The van der Waals surface area contributed by atoms with Crippen LogP contribution in [0.3, 0.4) is 0 Å². The van der Waals surface area contributed by atoms with E-state index in [9.17, 15) is 15.0 Å². The summed E-state index contributed by atoms with van der Waals surface area (Å²) < 4.78 is 5.25. The second-order valence-corrected chi connectivity index (χ2v) is 6.03. The largest absolute Gasteiger partial charge is 0.394 e. The molecule has 0 radical (unpaired) electrons. The van der Waals surface area contributed by atoms with Crippen molar-refractivity contribution in [2.75, 3.05) is 6.61 Å². The van der Waals surface area contributed by atoms with Crippen molar-refractivity contribution in [3.05, 3.63) is 0 Å². The minimum atomic E-state index is -1.19. The molecule has 0 spiro atoms. The normalized spacial score (nSPS) is 30.1. The molecule has 1 heterocycles. The maximum atomic E-state index is 11.1. The molecule has 116 valence electrons. The molecule has 0 aliphatic carbocycles. The van der Waals surface area contributed by atoms with E-state index in [4.69, 9.17) is 22.1 Å². The van der Waals surface area contributed by atoms with Gasteiger partial charge in [-0.25, -0.2) is 0 Å². The number of hydrogen-bond donors (Lipinski definition) is 5. The summed E-state index contributed by atoms with van der Waals surface area (Å²) in [6.07, 6.45) is -3.83. The minimum absolute atomic E-state index is 0.0261. The summed E-state index contributed by atoms with van der Waals surface area (Å²) in [5.74, 6) is 0.0261. The Hall–Kier alpha value is -0.800. The van der Waals surface area contributed by atoms with Crippen molar-refractivity contribution in [2.24, 2.45) is 0 Å². The van der Waals surface area contributed by atoms with Crippen LogP contribution in [0.4, 0.5) is 0 Å². The molecule has 7 nitrogen and oxygen atoms in total. The Kier molecular flexibility index (Phi) is 5.84. The first-order valence-corrected chi connectivity index (χ1v) is 6.77. The summed E-state index contributed by atoms with van der Waals surface area (Å²) in [5, 5.41) is 34.2. The number of aliphatic hydroxyl groups excluding tert-OH is 3. The van der Waals surface area contributed by atoms with E-state index in [-0.39, 0.29) is 10.9 Å². The zero-order valence-corrected chi connectivity index (χ0v) is 12.6. The number of Topliss-reactive ketones (excluding diaryl/α,β-unsaturated/α-hetero) is 1. The topological polar surface area (TPSA) is 111 Å². The Morgan fingerprint density at radius 1 is 1.35 bits per heavy atom. The maximum absolute atomic E-state index is 11.1. The average Bonchev–Trinajstić information content (AvgIpc) is 2.54. The number of nitrogens with one attached hydrogen (secondary N) is 2. The van der Waals surface area contributed by atoms with Crippen molar-refractivity contribution in [3.63, 3.8) is 0 Å². The first-order valence-electron chi connectivity index (χ1n) is 6.37. The molecule has 0 saturated carbocycles. The smallest absolute Gasteiger partial charge is 0.168 e. The van der Waals surface area contributed by atoms with Gasteiger partial charge in [0.2, 0.25) is 0 Å². The van der Waals surface area contributed by atoms with Crippen molar-refractivity contribution in [1.29, 1.82) is 0 Å². The molecule has 0 aromatic carbocycles. The van der Waals surface area contributed by atoms with E-state index in [1.54, 1.807) is 0 Å². The SMILES string of the molecule is CC(=O)CC(C)(C)NC(=S)NC1OC(CO)C(O)C1O. The fraction of sp³-hybridized carbons (Fsp3) is 0.833. The Morgan fingerprint density at radius 2 is 1.95 bits per heavy atom. The van der Waals surface area contributed by atoms with Gasteiger partial charge in [0.25, 0.3) is 0 Å². The monoisotopic (exact) mass is 306 g/mol. The van der Waals surface area contributed by atoms with Gasteiger partial charge in [-0.1, -0.05) is 0 Å². The first kappa shape index (κ1) is 17.3. The molecule has 0 amide bonds. The molecule has 1 saturated heterocycles. The number of ether oxygens (including phenoxy) is 1. The van der Waals surface area contributed by atoms with E-state index in [1.807, 2.05) is 13.8 Å². The van der Waals surface area contributed by atoms with Crippen molar-refractivity contribution in [1.82, 2.24) is 10.6 Å². The molecule has 4 atom stereocenters. The van der Waals surface area contributed by atoms with Crippen LogP contribution in [0.15, 0.2) is 0 Å². The molecule has 0 bridgehead atoms. The van der Waals surface area contributed by atoms with Gasteiger partial charge in [-0.3, -0.25) is 4.79 Å². The Balaban J connectivity index is 2.53. The molecular formula is C12H22N2O5S. The lowest BCUT2D eigenvalue weighted by molar-refractivity contribution is -0.118. The predicted molar refractivity (Wildman–Crippen MR) is 76.0 cm³/mol. The van der Waals surface area contributed by atoms with Crippen LogP contribution in [0.1, 0.15) is 27.2 Å². The lowest BCUT2D eigenvalue weighted by Crippen LogP contribution is -2.53. The Morgan fingerprint density at radius 3 is 2.40 bits per heavy atom. The van der Waals surface area contributed by atoms with Crippen LogP contribution in [0.25, 0.3) is 0 Å². The van der Waals surface area contributed by atoms with Crippen LogP contribution in [-0.4, -0.2) is 62.9 Å². The molecule has 8 heteroatoms. The standard InChI is InChI=1S/C12H22N2O5S/c1-6(16)4-12(2,3)14-11(20)13-10-9(18)8(17)7(5-15)19-10/h7-10,15,17-18H,4-5H2,1-3H3,(H2,13,14,20). The van der Waals surface area contributed by atoms with E-state index < -0.39 is 36.7 Å². The van der Waals surface area contributed by atoms with Crippen molar-refractivity contribution in [3.8, 4) is 0 Å². The molecular weight excluding hydrogens is 284 g/mol. The highest BCUT2D eigenvalue weighted by molar-refractivity contribution is 7.80. The molecule has 1 fully saturated rings. The molecule has 0 aromatic rings. The number of carbonyl (C=O) groups excluding carboxylic acids is 1. The highest BCUT2D eigenvalue weighted by atomic mass is 32.1. The summed E-state index contributed by atoms with van der Waals surface area (Å²) in [4.78, 5) is 11.1. The van der Waals surface area contributed by atoms with Crippen LogP contribution in [0.5, 0.6) is 0 Å². The quantitative estimate of drug-likeness (QED) is 0.396. The lowest BCUT2D eigenvalue weighted by atomic mass is 9.99. The summed E-state index contributed by atoms with van der Waals surface area (Å²) >= 11 is 5.09. The van der Waals surface area contributed by atoms with E-state index in [0.717, 1.165) is 0 Å². The first-order chi connectivity index (χ1) is 9.16. The number of ketones is 1. The highest BCUT2D eigenvalue weighted by Crippen LogP contribution is 2.19. The highest BCUT2D eigenvalue weighted by Gasteiger charge is 2.42. The van der Waals surface area contributed by atoms with Gasteiger partial charge in [0.05, 0.1) is 6.61 Å². The van der Waals surface area contributed by atoms with Gasteiger partial charge < -0.3 is 30.7 Å². The summed E-state index contributed by atoms with van der Waals surface area (Å²) in [5.41, 5.74) is -0.533. The van der Waals surface area contributed by atoms with E-state index in [2.05, 4.69) is 10.6 Å². The average molecular weight is 306 g/mol. The third-order valence-corrected chi connectivity index (χ3v) is 3.18. The number of aliphatic hydroxyl groups is 3. The van der Waals surface area contributed by atoms with Crippen LogP contribution in [0, 0.1) is 0 Å². The van der Waals surface area contributed by atoms with Gasteiger partial charge in [0.1, 0.15) is 24.1 Å². The van der Waals surface area contributed by atoms with Gasteiger partial charge in [0.15, 0.2) is 11.3 Å². The van der Waals surface area contributed by atoms with Crippen LogP contribution in [-0.2, 0) is 9.53 Å². The maximum Gasteiger partial charge on any atom is 0.168 e. The fourth-order valence-corrected chi connectivity index (χ4v) is 2.55. The fourth-order valence-electron chi connectivity index (χ4n) is 2.16. The van der Waals surface area contributed by atoms with Crippen molar-refractivity contribution in [2.45, 2.75) is 57.3 Å². The minimum Gasteiger partial charge on any atom is -0.394 e. The third kappa shape index (κ3) is 4.64. The van der Waals surface area contributed by atoms with Gasteiger partial charge in [0, 0.05) is 12.0 Å². The molecule has 0 aromatic heterocycles. The number of hydrogen-bond acceptors (Lipinski definition) is 6. The Bertz CT molecular complexity index is 377. The number of thiocarbonyl (C=S) groups is 1. The van der Waals surface area contributed by atoms with E-state index >= 15 is 0 Å². The third-order valence-electron chi connectivity index (χ3n) is 2.96. The zero-order chi connectivity index (χ0) is 15.5. The lowest BCUT2D eigenvalue weighted by Gasteiger charge is -2.28.